The van der Waals surface area contributed by atoms with Crippen LogP contribution in [-0.4, -0.2) is 42.0 Å². The SMILES string of the molecule is Cc1cc(C)c2cccc(OCc3c(Cl)ccc(S(=O)(=O)N4CCCC4C(=O)NCc4cccc(C(=N)N)c4)c3Cl)c2n1. The summed E-state index contributed by atoms with van der Waals surface area (Å²) in [4.78, 5) is 17.7. The van der Waals surface area contributed by atoms with Crippen LogP contribution in [0, 0.1) is 19.3 Å². The largest absolute Gasteiger partial charge is 0.487 e. The van der Waals surface area contributed by atoms with Crippen LogP contribution in [0.1, 0.15) is 40.8 Å². The van der Waals surface area contributed by atoms with E-state index in [0.717, 1.165) is 22.2 Å². The maximum atomic E-state index is 13.9. The minimum absolute atomic E-state index is 0.0554. The lowest BCUT2D eigenvalue weighted by molar-refractivity contribution is -0.124. The van der Waals surface area contributed by atoms with Crippen LogP contribution in [0.15, 0.2) is 65.6 Å². The summed E-state index contributed by atoms with van der Waals surface area (Å²) in [5.41, 5.74) is 9.76. The molecule has 1 aliphatic rings. The average molecular weight is 641 g/mol. The summed E-state index contributed by atoms with van der Waals surface area (Å²) >= 11 is 13.2. The van der Waals surface area contributed by atoms with Crippen molar-refractivity contribution >= 4 is 55.9 Å². The Labute approximate surface area is 260 Å². The lowest BCUT2D eigenvalue weighted by Crippen LogP contribution is -2.45. The number of hydrogen-bond acceptors (Lipinski definition) is 6. The Morgan fingerprint density at radius 2 is 1.91 bits per heavy atom. The van der Waals surface area contributed by atoms with Crippen molar-refractivity contribution in [3.8, 4) is 5.75 Å². The van der Waals surface area contributed by atoms with Crippen molar-refractivity contribution in [2.24, 2.45) is 5.73 Å². The lowest BCUT2D eigenvalue weighted by atomic mass is 10.1. The van der Waals surface area contributed by atoms with Gasteiger partial charge in [-0.05, 0) is 68.1 Å². The van der Waals surface area contributed by atoms with Gasteiger partial charge in [0.2, 0.25) is 15.9 Å². The van der Waals surface area contributed by atoms with Crippen LogP contribution in [0.25, 0.3) is 10.9 Å². The van der Waals surface area contributed by atoms with Crippen molar-refractivity contribution in [1.29, 1.82) is 5.41 Å². The monoisotopic (exact) mass is 639 g/mol. The summed E-state index contributed by atoms with van der Waals surface area (Å²) in [7, 11) is -4.16. The number of amides is 1. The normalized spacial score (nSPS) is 15.5. The quantitative estimate of drug-likeness (QED) is 0.163. The molecule has 1 amide bonds. The van der Waals surface area contributed by atoms with Gasteiger partial charge in [-0.2, -0.15) is 4.31 Å². The highest BCUT2D eigenvalue weighted by molar-refractivity contribution is 7.89. The van der Waals surface area contributed by atoms with Gasteiger partial charge in [0, 0.05) is 40.3 Å². The molecule has 2 heterocycles. The van der Waals surface area contributed by atoms with Gasteiger partial charge in [0.05, 0.1) is 5.02 Å². The molecule has 0 aliphatic carbocycles. The molecule has 1 unspecified atom stereocenters. The first-order chi connectivity index (χ1) is 20.5. The van der Waals surface area contributed by atoms with Crippen molar-refractivity contribution in [2.45, 2.75) is 50.8 Å². The number of aryl methyl sites for hydroxylation is 2. The molecule has 5 rings (SSSR count). The molecule has 3 aromatic carbocycles. The van der Waals surface area contributed by atoms with Crippen LogP contribution in [0.3, 0.4) is 0 Å². The number of rotatable bonds is 9. The summed E-state index contributed by atoms with van der Waals surface area (Å²) in [6.07, 6.45) is 0.887. The third-order valence-corrected chi connectivity index (χ3v) is 10.3. The van der Waals surface area contributed by atoms with Gasteiger partial charge >= 0.3 is 0 Å². The number of nitrogens with two attached hydrogens (primary N) is 1. The number of hydrogen-bond donors (Lipinski definition) is 3. The summed E-state index contributed by atoms with van der Waals surface area (Å²) in [6.45, 7) is 4.16. The molecule has 1 fully saturated rings. The molecule has 43 heavy (non-hydrogen) atoms. The molecule has 4 N–H and O–H groups in total. The van der Waals surface area contributed by atoms with Crippen LogP contribution in [0.5, 0.6) is 5.75 Å². The number of halogens is 2. The Bertz CT molecular complexity index is 1850. The Morgan fingerprint density at radius 3 is 2.67 bits per heavy atom. The number of nitrogens with one attached hydrogen (secondary N) is 2. The second-order valence-electron chi connectivity index (χ2n) is 10.5. The van der Waals surface area contributed by atoms with Crippen LogP contribution < -0.4 is 15.8 Å². The molecule has 12 heteroatoms. The van der Waals surface area contributed by atoms with Gasteiger partial charge in [0.15, 0.2) is 0 Å². The minimum Gasteiger partial charge on any atom is -0.487 e. The fourth-order valence-electron chi connectivity index (χ4n) is 5.30. The summed E-state index contributed by atoms with van der Waals surface area (Å²) in [5.74, 6) is 0.0247. The Balaban J connectivity index is 1.36. The van der Waals surface area contributed by atoms with Gasteiger partial charge in [-0.25, -0.2) is 13.4 Å². The molecule has 1 atom stereocenters. The standard InChI is InChI=1S/C31H31Cl2N5O4S/c1-18-14-19(2)37-29-22(18)8-4-10-26(29)42-17-23-24(32)11-12-27(28(23)33)43(40,41)38-13-5-9-25(38)31(39)36-16-20-6-3-7-21(15-20)30(34)35/h3-4,6-8,10-12,14-15,25H,5,9,13,16-17H2,1-2H3,(H3,34,35)(H,36,39). The van der Waals surface area contributed by atoms with Crippen LogP contribution in [0.4, 0.5) is 0 Å². The average Bonchev–Trinajstić information content (AvgIpc) is 3.47. The van der Waals surface area contributed by atoms with E-state index in [4.69, 9.17) is 39.1 Å². The number of sulfonamides is 1. The predicted molar refractivity (Wildman–Crippen MR) is 168 cm³/mol. The molecule has 4 aromatic rings. The minimum atomic E-state index is -4.16. The smallest absolute Gasteiger partial charge is 0.245 e. The molecule has 0 spiro atoms. The van der Waals surface area contributed by atoms with Crippen LogP contribution in [-0.2, 0) is 28.0 Å². The highest BCUT2D eigenvalue weighted by Gasteiger charge is 2.40. The zero-order chi connectivity index (χ0) is 30.9. The van der Waals surface area contributed by atoms with E-state index in [9.17, 15) is 13.2 Å². The maximum Gasteiger partial charge on any atom is 0.245 e. The first kappa shape index (κ1) is 30.7. The van der Waals surface area contributed by atoms with Crippen molar-refractivity contribution in [3.05, 3.63) is 98.7 Å². The van der Waals surface area contributed by atoms with Gasteiger partial charge < -0.3 is 15.8 Å². The maximum absolute atomic E-state index is 13.9. The number of nitrogens with zero attached hydrogens (tertiary/aromatic N) is 2. The molecule has 0 saturated carbocycles. The predicted octanol–water partition coefficient (Wildman–Crippen LogP) is 5.49. The van der Waals surface area contributed by atoms with E-state index in [-0.39, 0.29) is 40.5 Å². The first-order valence-corrected chi connectivity index (χ1v) is 15.9. The topological polar surface area (TPSA) is 138 Å². The van der Waals surface area contributed by atoms with E-state index in [1.807, 2.05) is 32.0 Å². The summed E-state index contributed by atoms with van der Waals surface area (Å²) < 4.78 is 35.1. The van der Waals surface area contributed by atoms with Crippen molar-refractivity contribution < 1.29 is 17.9 Å². The van der Waals surface area contributed by atoms with E-state index in [1.165, 1.54) is 16.4 Å². The van der Waals surface area contributed by atoms with E-state index >= 15 is 0 Å². The summed E-state index contributed by atoms with van der Waals surface area (Å²) in [6, 6.07) is 16.5. The molecular weight excluding hydrogens is 609 g/mol. The van der Waals surface area contributed by atoms with Gasteiger partial charge in [0.25, 0.3) is 0 Å². The van der Waals surface area contributed by atoms with Crippen LogP contribution >= 0.6 is 23.2 Å². The number of ether oxygens (including phenoxy) is 1. The molecule has 0 radical (unpaired) electrons. The molecule has 1 aliphatic heterocycles. The molecule has 9 nitrogen and oxygen atoms in total. The first-order valence-electron chi connectivity index (χ1n) is 13.7. The fourth-order valence-corrected chi connectivity index (χ4v) is 7.82. The van der Waals surface area contributed by atoms with Gasteiger partial charge in [-0.3, -0.25) is 10.2 Å². The van der Waals surface area contributed by atoms with Gasteiger partial charge in [-0.1, -0.05) is 53.5 Å². The molecule has 1 saturated heterocycles. The zero-order valence-electron chi connectivity index (χ0n) is 23.7. The number of para-hydroxylation sites is 1. The number of fused-ring (bicyclic) bond motifs is 1. The van der Waals surface area contributed by atoms with E-state index in [1.54, 1.807) is 30.3 Å². The number of nitrogen functional groups attached to an aromatic ring is 1. The number of benzene rings is 3. The van der Waals surface area contributed by atoms with E-state index in [0.29, 0.717) is 35.2 Å². The van der Waals surface area contributed by atoms with Gasteiger partial charge in [-0.15, -0.1) is 0 Å². The van der Waals surface area contributed by atoms with Gasteiger partial charge in [0.1, 0.15) is 34.6 Å². The Morgan fingerprint density at radius 1 is 1.14 bits per heavy atom. The molecule has 1 aromatic heterocycles. The van der Waals surface area contributed by atoms with Crippen molar-refractivity contribution in [3.63, 3.8) is 0 Å². The number of aromatic nitrogens is 1. The third kappa shape index (κ3) is 6.33. The number of carbonyl (C=O) groups excluding carboxylic acids is 1. The molecular formula is C31H31Cl2N5O4S. The molecule has 224 valence electrons. The second kappa shape index (κ2) is 12.5. The Kier molecular flexibility index (Phi) is 8.94. The van der Waals surface area contributed by atoms with Crippen LogP contribution in [0.2, 0.25) is 10.0 Å². The van der Waals surface area contributed by atoms with Crippen molar-refractivity contribution in [1.82, 2.24) is 14.6 Å². The molecule has 0 bridgehead atoms. The van der Waals surface area contributed by atoms with E-state index in [2.05, 4.69) is 10.3 Å². The zero-order valence-corrected chi connectivity index (χ0v) is 26.0. The highest BCUT2D eigenvalue weighted by Crippen LogP contribution is 2.36. The lowest BCUT2D eigenvalue weighted by Gasteiger charge is -2.24. The number of carbonyl (C=O) groups is 1. The van der Waals surface area contributed by atoms with Crippen molar-refractivity contribution in [2.75, 3.05) is 6.54 Å². The van der Waals surface area contributed by atoms with E-state index < -0.39 is 22.0 Å². The number of pyridine rings is 1. The summed E-state index contributed by atoms with van der Waals surface area (Å²) in [5, 5.41) is 11.6. The second-order valence-corrected chi connectivity index (χ2v) is 13.1. The fraction of sp³-hybridized carbons (Fsp3) is 0.258. The Hall–Kier alpha value is -3.70. The third-order valence-electron chi connectivity index (χ3n) is 7.46. The highest BCUT2D eigenvalue weighted by atomic mass is 35.5. The number of amidine groups is 1.